The summed E-state index contributed by atoms with van der Waals surface area (Å²) in [6, 6.07) is 13.6. The molecule has 0 spiro atoms. The van der Waals surface area contributed by atoms with E-state index < -0.39 is 6.10 Å². The first-order valence-corrected chi connectivity index (χ1v) is 7.42. The molecule has 2 aromatic rings. The Balaban J connectivity index is 2.13. The van der Waals surface area contributed by atoms with Gasteiger partial charge >= 0.3 is 0 Å². The molecule has 0 saturated carbocycles. The van der Waals surface area contributed by atoms with Crippen LogP contribution in [0.5, 0.6) is 5.75 Å². The summed E-state index contributed by atoms with van der Waals surface area (Å²) < 4.78 is 5.65. The standard InChI is InChI=1S/C18H23NO2/c1-3-13-9-10-14(4-2)15(11-13)17(20)12-21-18-8-6-5-7-16(18)19/h5-11,17,20H,3-4,12,19H2,1-2H3. The topological polar surface area (TPSA) is 55.5 Å². The quantitative estimate of drug-likeness (QED) is 0.799. The molecule has 112 valence electrons. The summed E-state index contributed by atoms with van der Waals surface area (Å²) in [6.45, 7) is 4.40. The van der Waals surface area contributed by atoms with E-state index in [-0.39, 0.29) is 6.61 Å². The summed E-state index contributed by atoms with van der Waals surface area (Å²) in [7, 11) is 0. The highest BCUT2D eigenvalue weighted by atomic mass is 16.5. The zero-order chi connectivity index (χ0) is 15.2. The van der Waals surface area contributed by atoms with Gasteiger partial charge in [-0.15, -0.1) is 0 Å². The van der Waals surface area contributed by atoms with Crippen molar-refractivity contribution < 1.29 is 9.84 Å². The number of ether oxygens (including phenoxy) is 1. The molecular formula is C18H23NO2. The van der Waals surface area contributed by atoms with E-state index in [2.05, 4.69) is 32.0 Å². The van der Waals surface area contributed by atoms with Crippen molar-refractivity contribution in [1.29, 1.82) is 0 Å². The van der Waals surface area contributed by atoms with Crippen LogP contribution in [0.4, 0.5) is 5.69 Å². The SMILES string of the molecule is CCc1ccc(CC)c(C(O)COc2ccccc2N)c1. The van der Waals surface area contributed by atoms with Gasteiger partial charge in [-0.25, -0.2) is 0 Å². The number of anilines is 1. The molecule has 0 aliphatic carbocycles. The Hall–Kier alpha value is -2.00. The van der Waals surface area contributed by atoms with Crippen molar-refractivity contribution in [3.05, 3.63) is 59.2 Å². The van der Waals surface area contributed by atoms with Crippen molar-refractivity contribution in [2.24, 2.45) is 0 Å². The number of aryl methyl sites for hydroxylation is 2. The van der Waals surface area contributed by atoms with Gasteiger partial charge in [0.1, 0.15) is 18.5 Å². The summed E-state index contributed by atoms with van der Waals surface area (Å²) in [5.74, 6) is 0.612. The lowest BCUT2D eigenvalue weighted by atomic mass is 9.97. The minimum Gasteiger partial charge on any atom is -0.488 e. The lowest BCUT2D eigenvalue weighted by molar-refractivity contribution is 0.108. The number of para-hydroxylation sites is 2. The molecule has 0 heterocycles. The van der Waals surface area contributed by atoms with E-state index in [0.29, 0.717) is 11.4 Å². The van der Waals surface area contributed by atoms with E-state index in [4.69, 9.17) is 10.5 Å². The fraction of sp³-hybridized carbons (Fsp3) is 0.333. The largest absolute Gasteiger partial charge is 0.488 e. The molecule has 0 aliphatic heterocycles. The molecule has 3 heteroatoms. The predicted molar refractivity (Wildman–Crippen MR) is 86.5 cm³/mol. The Labute approximate surface area is 126 Å². The van der Waals surface area contributed by atoms with Gasteiger partial charge < -0.3 is 15.6 Å². The molecule has 2 aromatic carbocycles. The molecule has 21 heavy (non-hydrogen) atoms. The molecule has 0 aromatic heterocycles. The van der Waals surface area contributed by atoms with Gasteiger partial charge in [-0.3, -0.25) is 0 Å². The Kier molecular flexibility index (Phi) is 5.23. The molecule has 0 saturated heterocycles. The van der Waals surface area contributed by atoms with E-state index in [1.807, 2.05) is 18.2 Å². The van der Waals surface area contributed by atoms with Crippen LogP contribution in [0.2, 0.25) is 0 Å². The average molecular weight is 285 g/mol. The molecule has 3 N–H and O–H groups in total. The van der Waals surface area contributed by atoms with Crippen LogP contribution in [-0.2, 0) is 12.8 Å². The van der Waals surface area contributed by atoms with Crippen molar-refractivity contribution >= 4 is 5.69 Å². The van der Waals surface area contributed by atoms with Gasteiger partial charge in [0.25, 0.3) is 0 Å². The lowest BCUT2D eigenvalue weighted by Crippen LogP contribution is -2.12. The third kappa shape index (κ3) is 3.76. The molecule has 0 fully saturated rings. The predicted octanol–water partition coefficient (Wildman–Crippen LogP) is 3.51. The highest BCUT2D eigenvalue weighted by molar-refractivity contribution is 5.51. The number of nitrogens with two attached hydrogens (primary N) is 1. The van der Waals surface area contributed by atoms with Crippen LogP contribution in [0.15, 0.2) is 42.5 Å². The first-order valence-electron chi connectivity index (χ1n) is 7.42. The number of nitrogen functional groups attached to an aromatic ring is 1. The second-order valence-corrected chi connectivity index (χ2v) is 5.10. The van der Waals surface area contributed by atoms with Gasteiger partial charge in [0.2, 0.25) is 0 Å². The second-order valence-electron chi connectivity index (χ2n) is 5.10. The normalized spacial score (nSPS) is 12.1. The zero-order valence-corrected chi connectivity index (χ0v) is 12.7. The van der Waals surface area contributed by atoms with Crippen LogP contribution >= 0.6 is 0 Å². The molecule has 1 atom stereocenters. The van der Waals surface area contributed by atoms with Crippen LogP contribution < -0.4 is 10.5 Å². The summed E-state index contributed by atoms with van der Waals surface area (Å²) in [5.41, 5.74) is 9.76. The maximum atomic E-state index is 10.4. The molecule has 3 nitrogen and oxygen atoms in total. The first-order chi connectivity index (χ1) is 10.2. The van der Waals surface area contributed by atoms with Crippen LogP contribution in [0.3, 0.4) is 0 Å². The third-order valence-electron chi connectivity index (χ3n) is 3.67. The van der Waals surface area contributed by atoms with Gasteiger partial charge in [0, 0.05) is 0 Å². The number of aliphatic hydroxyl groups excluding tert-OH is 1. The number of rotatable bonds is 6. The molecule has 1 unspecified atom stereocenters. The van der Waals surface area contributed by atoms with Crippen molar-refractivity contribution in [3.63, 3.8) is 0 Å². The van der Waals surface area contributed by atoms with E-state index in [0.717, 1.165) is 24.0 Å². The van der Waals surface area contributed by atoms with Crippen LogP contribution in [0.1, 0.15) is 36.6 Å². The summed E-state index contributed by atoms with van der Waals surface area (Å²) >= 11 is 0. The molecule has 0 amide bonds. The fourth-order valence-electron chi connectivity index (χ4n) is 2.37. The third-order valence-corrected chi connectivity index (χ3v) is 3.67. The monoisotopic (exact) mass is 285 g/mol. The molecule has 2 rings (SSSR count). The zero-order valence-electron chi connectivity index (χ0n) is 12.7. The molecule has 0 aliphatic rings. The fourth-order valence-corrected chi connectivity index (χ4v) is 2.37. The van der Waals surface area contributed by atoms with Crippen molar-refractivity contribution in [1.82, 2.24) is 0 Å². The lowest BCUT2D eigenvalue weighted by Gasteiger charge is -2.17. The van der Waals surface area contributed by atoms with E-state index in [9.17, 15) is 5.11 Å². The highest BCUT2D eigenvalue weighted by Crippen LogP contribution is 2.25. The van der Waals surface area contributed by atoms with Gasteiger partial charge in [-0.2, -0.15) is 0 Å². The van der Waals surface area contributed by atoms with Crippen molar-refractivity contribution in [2.45, 2.75) is 32.8 Å². The number of hydrogen-bond acceptors (Lipinski definition) is 3. The smallest absolute Gasteiger partial charge is 0.142 e. The highest BCUT2D eigenvalue weighted by Gasteiger charge is 2.14. The van der Waals surface area contributed by atoms with Gasteiger partial charge in [-0.1, -0.05) is 44.2 Å². The summed E-state index contributed by atoms with van der Waals surface area (Å²) in [4.78, 5) is 0. The maximum Gasteiger partial charge on any atom is 0.142 e. The van der Waals surface area contributed by atoms with Crippen molar-refractivity contribution in [2.75, 3.05) is 12.3 Å². The van der Waals surface area contributed by atoms with Gasteiger partial charge in [0.05, 0.1) is 5.69 Å². The Bertz CT molecular complexity index is 596. The Morgan fingerprint density at radius 2 is 1.86 bits per heavy atom. The summed E-state index contributed by atoms with van der Waals surface area (Å²) in [5, 5.41) is 10.4. The molecular weight excluding hydrogens is 262 g/mol. The Morgan fingerprint density at radius 1 is 1.10 bits per heavy atom. The van der Waals surface area contributed by atoms with E-state index in [1.54, 1.807) is 6.07 Å². The van der Waals surface area contributed by atoms with Crippen LogP contribution in [-0.4, -0.2) is 11.7 Å². The minimum absolute atomic E-state index is 0.203. The number of aliphatic hydroxyl groups is 1. The summed E-state index contributed by atoms with van der Waals surface area (Å²) in [6.07, 6.45) is 1.20. The van der Waals surface area contributed by atoms with E-state index in [1.165, 1.54) is 5.56 Å². The minimum atomic E-state index is -0.647. The van der Waals surface area contributed by atoms with Gasteiger partial charge in [-0.05, 0) is 41.7 Å². The second kappa shape index (κ2) is 7.14. The van der Waals surface area contributed by atoms with E-state index >= 15 is 0 Å². The maximum absolute atomic E-state index is 10.4. The van der Waals surface area contributed by atoms with Crippen LogP contribution in [0, 0.1) is 0 Å². The Morgan fingerprint density at radius 3 is 2.52 bits per heavy atom. The average Bonchev–Trinajstić information content (AvgIpc) is 2.53. The number of hydrogen-bond donors (Lipinski definition) is 2. The van der Waals surface area contributed by atoms with Gasteiger partial charge in [0.15, 0.2) is 0 Å². The first kappa shape index (κ1) is 15.4. The number of benzene rings is 2. The molecule has 0 radical (unpaired) electrons. The molecule has 0 bridgehead atoms. The van der Waals surface area contributed by atoms with Crippen LogP contribution in [0.25, 0.3) is 0 Å². The van der Waals surface area contributed by atoms with Crippen molar-refractivity contribution in [3.8, 4) is 5.75 Å².